The van der Waals surface area contributed by atoms with Crippen molar-refractivity contribution in [3.05, 3.63) is 95.6 Å². The van der Waals surface area contributed by atoms with Crippen molar-refractivity contribution >= 4 is 27.5 Å². The highest BCUT2D eigenvalue weighted by molar-refractivity contribution is 7.92. The molecule has 0 heterocycles. The number of hydrogen-bond acceptors (Lipinski definition) is 5. The Balaban J connectivity index is 2.08. The van der Waals surface area contributed by atoms with Crippen LogP contribution in [0.2, 0.25) is 0 Å². The van der Waals surface area contributed by atoms with Crippen LogP contribution in [0, 0.1) is 6.92 Å². The largest absolute Gasteiger partial charge is 0.495 e. The van der Waals surface area contributed by atoms with E-state index < -0.39 is 28.5 Å². The predicted molar refractivity (Wildman–Crippen MR) is 154 cm³/mol. The van der Waals surface area contributed by atoms with Crippen LogP contribution in [0.3, 0.4) is 0 Å². The van der Waals surface area contributed by atoms with E-state index in [0.717, 1.165) is 27.3 Å². The molecule has 39 heavy (non-hydrogen) atoms. The number of rotatable bonds is 12. The molecule has 1 atom stereocenters. The molecular formula is C30H37N3O5S. The average molecular weight is 552 g/mol. The highest BCUT2D eigenvalue weighted by Crippen LogP contribution is 2.30. The second-order valence-electron chi connectivity index (χ2n) is 9.82. The quantitative estimate of drug-likeness (QED) is 0.368. The van der Waals surface area contributed by atoms with Gasteiger partial charge in [-0.1, -0.05) is 72.3 Å². The maximum Gasteiger partial charge on any atom is 0.244 e. The Hall–Kier alpha value is -3.85. The highest BCUT2D eigenvalue weighted by atomic mass is 32.2. The summed E-state index contributed by atoms with van der Waals surface area (Å²) in [7, 11) is -2.44. The molecule has 1 N–H and O–H groups in total. The first kappa shape index (κ1) is 29.7. The van der Waals surface area contributed by atoms with Gasteiger partial charge >= 0.3 is 0 Å². The number of carbonyl (C=O) groups excluding carboxylic acids is 2. The molecule has 3 rings (SSSR count). The Morgan fingerprint density at radius 3 is 2.18 bits per heavy atom. The summed E-state index contributed by atoms with van der Waals surface area (Å²) in [5, 5.41) is 2.94. The average Bonchev–Trinajstić information content (AvgIpc) is 2.88. The van der Waals surface area contributed by atoms with Gasteiger partial charge in [0.15, 0.2) is 0 Å². The van der Waals surface area contributed by atoms with Crippen molar-refractivity contribution in [1.82, 2.24) is 10.2 Å². The van der Waals surface area contributed by atoms with Crippen LogP contribution in [0.4, 0.5) is 5.69 Å². The van der Waals surface area contributed by atoms with Crippen molar-refractivity contribution < 1.29 is 22.7 Å². The summed E-state index contributed by atoms with van der Waals surface area (Å²) >= 11 is 0. The minimum Gasteiger partial charge on any atom is -0.495 e. The van der Waals surface area contributed by atoms with E-state index in [1.165, 1.54) is 12.0 Å². The zero-order valence-corrected chi connectivity index (χ0v) is 23.9. The Morgan fingerprint density at radius 2 is 1.56 bits per heavy atom. The lowest BCUT2D eigenvalue weighted by Gasteiger charge is -2.34. The molecule has 0 aliphatic rings. The fourth-order valence-electron chi connectivity index (χ4n) is 4.37. The number of para-hydroxylation sites is 2. The van der Waals surface area contributed by atoms with Crippen molar-refractivity contribution in [2.75, 3.05) is 24.2 Å². The van der Waals surface area contributed by atoms with E-state index >= 15 is 0 Å². The third-order valence-electron chi connectivity index (χ3n) is 6.17. The number of sulfonamides is 1. The lowest BCUT2D eigenvalue weighted by atomic mass is 10.0. The SMILES string of the molecule is COc1ccccc1N(CC(=O)N(Cc1cccc(C)c1)[C@@H](Cc1ccccc1)C(=O)NC(C)C)S(C)(=O)=O. The molecule has 2 amide bonds. The van der Waals surface area contributed by atoms with Crippen molar-refractivity contribution in [2.45, 2.75) is 45.8 Å². The first-order valence-electron chi connectivity index (χ1n) is 12.8. The Labute approximate surface area is 231 Å². The van der Waals surface area contributed by atoms with Gasteiger partial charge in [0, 0.05) is 19.0 Å². The van der Waals surface area contributed by atoms with E-state index in [-0.39, 0.29) is 30.6 Å². The van der Waals surface area contributed by atoms with Crippen molar-refractivity contribution in [1.29, 1.82) is 0 Å². The Bertz CT molecular complexity index is 1380. The standard InChI is InChI=1S/C30H37N3O5S/c1-22(2)31-30(35)27(19-24-13-7-6-8-14-24)32(20-25-15-11-12-23(3)18-25)29(34)21-33(39(5,36)37)26-16-9-10-17-28(26)38-4/h6-18,22,27H,19-21H2,1-5H3,(H,31,35)/t27-/m0/s1. The maximum absolute atomic E-state index is 14.1. The highest BCUT2D eigenvalue weighted by Gasteiger charge is 2.33. The Morgan fingerprint density at radius 1 is 0.923 bits per heavy atom. The maximum atomic E-state index is 14.1. The lowest BCUT2D eigenvalue weighted by Crippen LogP contribution is -2.54. The van der Waals surface area contributed by atoms with Gasteiger partial charge < -0.3 is 15.0 Å². The van der Waals surface area contributed by atoms with Gasteiger partial charge in [0.2, 0.25) is 21.8 Å². The van der Waals surface area contributed by atoms with Crippen LogP contribution >= 0.6 is 0 Å². The molecular weight excluding hydrogens is 514 g/mol. The molecule has 0 aliphatic heterocycles. The number of ether oxygens (including phenoxy) is 1. The Kier molecular flexibility index (Phi) is 10.1. The minimum atomic E-state index is -3.88. The first-order valence-corrected chi connectivity index (χ1v) is 14.6. The molecule has 3 aromatic rings. The number of amides is 2. The molecule has 8 nitrogen and oxygen atoms in total. The molecule has 9 heteroatoms. The van der Waals surface area contributed by atoms with Crippen LogP contribution in [-0.2, 0) is 32.6 Å². The van der Waals surface area contributed by atoms with Crippen molar-refractivity contribution in [3.63, 3.8) is 0 Å². The molecule has 0 spiro atoms. The number of anilines is 1. The molecule has 0 aliphatic carbocycles. The molecule has 0 saturated heterocycles. The van der Waals surface area contributed by atoms with Crippen LogP contribution in [0.1, 0.15) is 30.5 Å². The molecule has 3 aromatic carbocycles. The molecule has 0 fully saturated rings. The van der Waals surface area contributed by atoms with Gasteiger partial charge in [0.05, 0.1) is 19.1 Å². The molecule has 0 saturated carbocycles. The summed E-state index contributed by atoms with van der Waals surface area (Å²) in [6.45, 7) is 5.31. The summed E-state index contributed by atoms with van der Waals surface area (Å²) < 4.78 is 32.3. The van der Waals surface area contributed by atoms with Gasteiger partial charge in [-0.05, 0) is 44.0 Å². The van der Waals surface area contributed by atoms with Gasteiger partial charge in [-0.2, -0.15) is 0 Å². The van der Waals surface area contributed by atoms with Crippen LogP contribution in [0.15, 0.2) is 78.9 Å². The van der Waals surface area contributed by atoms with Gasteiger partial charge in [-0.15, -0.1) is 0 Å². The summed E-state index contributed by atoms with van der Waals surface area (Å²) in [6, 6.07) is 22.8. The van der Waals surface area contributed by atoms with E-state index in [1.54, 1.807) is 24.3 Å². The molecule has 208 valence electrons. The number of methoxy groups -OCH3 is 1. The molecule has 0 bridgehead atoms. The second kappa shape index (κ2) is 13.3. The fourth-order valence-corrected chi connectivity index (χ4v) is 5.23. The van der Waals surface area contributed by atoms with Crippen LogP contribution in [0.25, 0.3) is 0 Å². The topological polar surface area (TPSA) is 96.0 Å². The molecule has 0 aromatic heterocycles. The monoisotopic (exact) mass is 551 g/mol. The number of nitrogens with zero attached hydrogens (tertiary/aromatic N) is 2. The van der Waals surface area contributed by atoms with Crippen LogP contribution < -0.4 is 14.4 Å². The number of aryl methyl sites for hydroxylation is 1. The third-order valence-corrected chi connectivity index (χ3v) is 7.30. The van der Waals surface area contributed by atoms with E-state index in [9.17, 15) is 18.0 Å². The van der Waals surface area contributed by atoms with Gasteiger partial charge in [-0.3, -0.25) is 13.9 Å². The van der Waals surface area contributed by atoms with Gasteiger partial charge in [0.1, 0.15) is 18.3 Å². The minimum absolute atomic E-state index is 0.132. The van der Waals surface area contributed by atoms with Crippen LogP contribution in [-0.4, -0.2) is 57.1 Å². The molecule has 0 unspecified atom stereocenters. The first-order chi connectivity index (χ1) is 18.5. The smallest absolute Gasteiger partial charge is 0.244 e. The fraction of sp³-hybridized carbons (Fsp3) is 0.333. The normalized spacial score (nSPS) is 12.1. The van der Waals surface area contributed by atoms with Crippen LogP contribution in [0.5, 0.6) is 5.75 Å². The zero-order chi connectivity index (χ0) is 28.6. The third kappa shape index (κ3) is 8.32. The van der Waals surface area contributed by atoms with E-state index in [2.05, 4.69) is 5.32 Å². The number of benzene rings is 3. The van der Waals surface area contributed by atoms with Gasteiger partial charge in [-0.25, -0.2) is 8.42 Å². The number of hydrogen-bond donors (Lipinski definition) is 1. The number of carbonyl (C=O) groups is 2. The van der Waals surface area contributed by atoms with E-state index in [4.69, 9.17) is 4.74 Å². The second-order valence-corrected chi connectivity index (χ2v) is 11.7. The van der Waals surface area contributed by atoms with E-state index in [1.807, 2.05) is 75.4 Å². The molecule has 0 radical (unpaired) electrons. The lowest BCUT2D eigenvalue weighted by molar-refractivity contribution is -0.140. The van der Waals surface area contributed by atoms with E-state index in [0.29, 0.717) is 5.75 Å². The van der Waals surface area contributed by atoms with Crippen molar-refractivity contribution in [3.8, 4) is 5.75 Å². The zero-order valence-electron chi connectivity index (χ0n) is 23.1. The summed E-state index contributed by atoms with van der Waals surface area (Å²) in [5.74, 6) is -0.495. The van der Waals surface area contributed by atoms with Gasteiger partial charge in [0.25, 0.3) is 0 Å². The summed E-state index contributed by atoms with van der Waals surface area (Å²) in [5.41, 5.74) is 2.98. The summed E-state index contributed by atoms with van der Waals surface area (Å²) in [4.78, 5) is 29.1. The number of nitrogens with one attached hydrogen (secondary N) is 1. The van der Waals surface area contributed by atoms with Crippen molar-refractivity contribution in [2.24, 2.45) is 0 Å². The summed E-state index contributed by atoms with van der Waals surface area (Å²) in [6.07, 6.45) is 1.31. The predicted octanol–water partition coefficient (Wildman–Crippen LogP) is 3.93.